The molecule has 5 heteroatoms. The molecule has 1 saturated carbocycles. The average molecular weight is 407 g/mol. The molecule has 1 aliphatic carbocycles. The zero-order valence-corrected chi connectivity index (χ0v) is 17.7. The molecule has 0 radical (unpaired) electrons. The second-order valence-corrected chi connectivity index (χ2v) is 8.48. The second-order valence-electron chi connectivity index (χ2n) is 8.48. The standard InChI is InChI=1S/C24H38O5/c1-29-24(28)12-8-3-2-7-11-20-21(23(27)17-22(20)26)16-15-19(25)14-13-18-9-5-4-6-10-18/h4-6,9-10,19-23,25-27H,2-3,7-8,11-17H2,1H3/t19-,20+,21+,22-,23+/m0/s1. The first-order valence-corrected chi connectivity index (χ1v) is 11.2. The topological polar surface area (TPSA) is 87.0 Å². The Morgan fingerprint density at radius 1 is 1.00 bits per heavy atom. The highest BCUT2D eigenvalue weighted by Crippen LogP contribution is 2.39. The average Bonchev–Trinajstić information content (AvgIpc) is 3.00. The molecule has 5 nitrogen and oxygen atoms in total. The summed E-state index contributed by atoms with van der Waals surface area (Å²) in [7, 11) is 1.41. The van der Waals surface area contributed by atoms with Gasteiger partial charge in [0.05, 0.1) is 25.4 Å². The summed E-state index contributed by atoms with van der Waals surface area (Å²) in [6.07, 6.45) is 7.30. The van der Waals surface area contributed by atoms with Crippen molar-refractivity contribution < 1.29 is 24.9 Å². The van der Waals surface area contributed by atoms with Crippen LogP contribution < -0.4 is 0 Å². The highest BCUT2D eigenvalue weighted by Gasteiger charge is 2.40. The summed E-state index contributed by atoms with van der Waals surface area (Å²) >= 11 is 0. The number of carbonyl (C=O) groups is 1. The quantitative estimate of drug-likeness (QED) is 0.344. The normalized spacial score (nSPS) is 25.1. The van der Waals surface area contributed by atoms with E-state index in [0.29, 0.717) is 19.3 Å². The van der Waals surface area contributed by atoms with Crippen LogP contribution in [0.25, 0.3) is 0 Å². The lowest BCUT2D eigenvalue weighted by Crippen LogP contribution is -2.24. The molecule has 0 spiro atoms. The monoisotopic (exact) mass is 406 g/mol. The van der Waals surface area contributed by atoms with Gasteiger partial charge in [-0.05, 0) is 62.3 Å². The van der Waals surface area contributed by atoms with Gasteiger partial charge in [0, 0.05) is 6.42 Å². The summed E-state index contributed by atoms with van der Waals surface area (Å²) in [5, 5.41) is 31.1. The lowest BCUT2D eigenvalue weighted by Gasteiger charge is -2.24. The summed E-state index contributed by atoms with van der Waals surface area (Å²) in [4.78, 5) is 11.1. The summed E-state index contributed by atoms with van der Waals surface area (Å²) in [5.74, 6) is 0.00333. The Morgan fingerprint density at radius 3 is 2.34 bits per heavy atom. The van der Waals surface area contributed by atoms with E-state index < -0.39 is 12.2 Å². The molecule has 0 saturated heterocycles. The van der Waals surface area contributed by atoms with Crippen molar-refractivity contribution in [1.29, 1.82) is 0 Å². The first kappa shape index (κ1) is 23.8. The number of aliphatic hydroxyl groups excluding tert-OH is 3. The number of methoxy groups -OCH3 is 1. The molecule has 0 bridgehead atoms. The fourth-order valence-electron chi connectivity index (χ4n) is 4.59. The van der Waals surface area contributed by atoms with Crippen molar-refractivity contribution in [3.8, 4) is 0 Å². The number of hydrogen-bond donors (Lipinski definition) is 3. The van der Waals surface area contributed by atoms with Crippen LogP contribution in [0, 0.1) is 11.8 Å². The molecule has 0 unspecified atom stereocenters. The molecule has 0 amide bonds. The molecule has 3 N–H and O–H groups in total. The lowest BCUT2D eigenvalue weighted by molar-refractivity contribution is -0.140. The maximum absolute atomic E-state index is 11.1. The predicted octanol–water partition coefficient (Wildman–Crippen LogP) is 3.63. The number of rotatable bonds is 13. The van der Waals surface area contributed by atoms with Crippen molar-refractivity contribution in [2.75, 3.05) is 7.11 Å². The second kappa shape index (κ2) is 13.0. The number of esters is 1. The van der Waals surface area contributed by atoms with E-state index in [-0.39, 0.29) is 23.9 Å². The van der Waals surface area contributed by atoms with E-state index in [4.69, 9.17) is 0 Å². The van der Waals surface area contributed by atoms with Crippen molar-refractivity contribution in [2.24, 2.45) is 11.8 Å². The fourth-order valence-corrected chi connectivity index (χ4v) is 4.59. The van der Waals surface area contributed by atoms with Crippen LogP contribution in [0.2, 0.25) is 0 Å². The zero-order chi connectivity index (χ0) is 21.1. The number of hydrogen-bond acceptors (Lipinski definition) is 5. The number of unbranched alkanes of at least 4 members (excludes halogenated alkanes) is 3. The number of carbonyl (C=O) groups excluding carboxylic acids is 1. The van der Waals surface area contributed by atoms with Crippen LogP contribution >= 0.6 is 0 Å². The third kappa shape index (κ3) is 8.45. The van der Waals surface area contributed by atoms with Crippen LogP contribution in [0.4, 0.5) is 0 Å². The van der Waals surface area contributed by atoms with E-state index in [1.54, 1.807) is 0 Å². The number of aliphatic hydroxyl groups is 3. The van der Waals surface area contributed by atoms with Gasteiger partial charge in [-0.2, -0.15) is 0 Å². The van der Waals surface area contributed by atoms with E-state index in [1.807, 2.05) is 18.2 Å². The van der Waals surface area contributed by atoms with E-state index in [2.05, 4.69) is 16.9 Å². The van der Waals surface area contributed by atoms with Crippen LogP contribution in [-0.4, -0.2) is 46.7 Å². The van der Waals surface area contributed by atoms with E-state index >= 15 is 0 Å². The van der Waals surface area contributed by atoms with Gasteiger partial charge in [0.2, 0.25) is 0 Å². The van der Waals surface area contributed by atoms with Crippen LogP contribution in [0.5, 0.6) is 0 Å². The van der Waals surface area contributed by atoms with E-state index in [0.717, 1.165) is 51.4 Å². The molecule has 1 aromatic rings. The van der Waals surface area contributed by atoms with E-state index in [9.17, 15) is 20.1 Å². The summed E-state index contributed by atoms with van der Waals surface area (Å²) in [6, 6.07) is 10.2. The van der Waals surface area contributed by atoms with Crippen LogP contribution in [0.15, 0.2) is 30.3 Å². The largest absolute Gasteiger partial charge is 0.469 e. The van der Waals surface area contributed by atoms with Crippen molar-refractivity contribution in [3.63, 3.8) is 0 Å². The molecule has 1 aromatic carbocycles. The van der Waals surface area contributed by atoms with Gasteiger partial charge in [-0.25, -0.2) is 0 Å². The minimum Gasteiger partial charge on any atom is -0.469 e. The molecule has 0 aromatic heterocycles. The number of aryl methyl sites for hydroxylation is 1. The number of ether oxygens (including phenoxy) is 1. The van der Waals surface area contributed by atoms with Gasteiger partial charge in [0.25, 0.3) is 0 Å². The molecule has 5 atom stereocenters. The maximum atomic E-state index is 11.1. The molecule has 1 aliphatic rings. The minimum absolute atomic E-state index is 0.0615. The Hall–Kier alpha value is -1.43. The van der Waals surface area contributed by atoms with Gasteiger partial charge in [-0.3, -0.25) is 4.79 Å². The van der Waals surface area contributed by atoms with E-state index in [1.165, 1.54) is 12.7 Å². The minimum atomic E-state index is -0.476. The predicted molar refractivity (Wildman–Crippen MR) is 113 cm³/mol. The fraction of sp³-hybridized carbons (Fsp3) is 0.708. The lowest BCUT2D eigenvalue weighted by atomic mass is 9.84. The highest BCUT2D eigenvalue weighted by atomic mass is 16.5. The number of benzene rings is 1. The third-order valence-electron chi connectivity index (χ3n) is 6.36. The smallest absolute Gasteiger partial charge is 0.305 e. The molecule has 164 valence electrons. The highest BCUT2D eigenvalue weighted by molar-refractivity contribution is 5.68. The zero-order valence-electron chi connectivity index (χ0n) is 17.7. The summed E-state index contributed by atoms with van der Waals surface area (Å²) in [6.45, 7) is 0. The van der Waals surface area contributed by atoms with Crippen LogP contribution in [0.3, 0.4) is 0 Å². The summed E-state index contributed by atoms with van der Waals surface area (Å²) < 4.78 is 4.65. The molecule has 0 aliphatic heterocycles. The van der Waals surface area contributed by atoms with Gasteiger partial charge < -0.3 is 20.1 Å². The third-order valence-corrected chi connectivity index (χ3v) is 6.36. The molecular weight excluding hydrogens is 368 g/mol. The van der Waals surface area contributed by atoms with Gasteiger partial charge >= 0.3 is 5.97 Å². The molecule has 1 fully saturated rings. The SMILES string of the molecule is COC(=O)CCCCCC[C@@H]1[C@@H](CC[C@@H](O)CCc2ccccc2)[C@H](O)C[C@@H]1O. The molecular formula is C24H38O5. The maximum Gasteiger partial charge on any atom is 0.305 e. The van der Waals surface area contributed by atoms with Gasteiger partial charge in [0.1, 0.15) is 0 Å². The van der Waals surface area contributed by atoms with Gasteiger partial charge in [-0.15, -0.1) is 0 Å². The van der Waals surface area contributed by atoms with Crippen molar-refractivity contribution in [2.45, 2.75) is 88.9 Å². The van der Waals surface area contributed by atoms with Gasteiger partial charge in [0.15, 0.2) is 0 Å². The Kier molecular flexibility index (Phi) is 10.7. The molecule has 29 heavy (non-hydrogen) atoms. The Bertz CT molecular complexity index is 576. The molecule has 2 rings (SSSR count). The molecule has 0 heterocycles. The first-order chi connectivity index (χ1) is 14.0. The van der Waals surface area contributed by atoms with Gasteiger partial charge in [-0.1, -0.05) is 49.6 Å². The Balaban J connectivity index is 1.67. The van der Waals surface area contributed by atoms with Crippen molar-refractivity contribution in [1.82, 2.24) is 0 Å². The Labute approximate surface area is 175 Å². The summed E-state index contributed by atoms with van der Waals surface area (Å²) in [5.41, 5.74) is 1.23. The van der Waals surface area contributed by atoms with Crippen LogP contribution in [0.1, 0.15) is 69.8 Å². The Morgan fingerprint density at radius 2 is 1.66 bits per heavy atom. The van der Waals surface area contributed by atoms with Crippen LogP contribution in [-0.2, 0) is 16.0 Å². The first-order valence-electron chi connectivity index (χ1n) is 11.2. The van der Waals surface area contributed by atoms with Crippen molar-refractivity contribution in [3.05, 3.63) is 35.9 Å². The van der Waals surface area contributed by atoms with Crippen molar-refractivity contribution >= 4 is 5.97 Å².